The molecule has 1 atom stereocenters. The molecule has 0 aliphatic heterocycles. The highest BCUT2D eigenvalue weighted by molar-refractivity contribution is 5.97. The number of nitrogens with one attached hydrogen (secondary N) is 1. The molecular weight excluding hydrogens is 542 g/mol. The number of aromatic carboxylic acids is 1. The lowest BCUT2D eigenvalue weighted by molar-refractivity contribution is 0.0694. The van der Waals surface area contributed by atoms with Crippen molar-refractivity contribution in [3.63, 3.8) is 0 Å². The van der Waals surface area contributed by atoms with Gasteiger partial charge in [-0.2, -0.15) is 0 Å². The maximum atomic E-state index is 10.7. The topological polar surface area (TPSA) is 119 Å². The van der Waals surface area contributed by atoms with Crippen molar-refractivity contribution in [2.24, 2.45) is 5.41 Å². The predicted molar refractivity (Wildman–Crippen MR) is 173 cm³/mol. The molecule has 7 nitrogen and oxygen atoms in total. The molecule has 3 aromatic carbocycles. The second-order valence-corrected chi connectivity index (χ2v) is 11.2. The first-order valence-corrected chi connectivity index (χ1v) is 15.3. The van der Waals surface area contributed by atoms with Crippen LogP contribution in [0.3, 0.4) is 0 Å². The molecule has 4 rings (SSSR count). The standard InChI is InChI=1S/C25H39NO3.C11H8O3/c27-20-24-14-10-15-25(19-24,22-28)21-26-16-7-1-2-8-17-29-18-9-6-13-23-11-4-3-5-12-23;12-10-6-8-4-2-1-3-7(8)5-9(10)11(13)14/h3-5,10-12,14-15,26-28H,1-2,6-9,13,16-22H2;1-6,12H,(H,13,14). The Labute approximate surface area is 255 Å². The van der Waals surface area contributed by atoms with Crippen LogP contribution >= 0.6 is 0 Å². The van der Waals surface area contributed by atoms with Gasteiger partial charge in [-0.05, 0) is 79.1 Å². The van der Waals surface area contributed by atoms with Crippen LogP contribution in [0.15, 0.2) is 90.5 Å². The van der Waals surface area contributed by atoms with Gasteiger partial charge in [0.25, 0.3) is 0 Å². The summed E-state index contributed by atoms with van der Waals surface area (Å²) in [6.07, 6.45) is 14.8. The first-order valence-electron chi connectivity index (χ1n) is 15.3. The van der Waals surface area contributed by atoms with Gasteiger partial charge in [-0.1, -0.05) is 85.7 Å². The Kier molecular flexibility index (Phi) is 15.0. The van der Waals surface area contributed by atoms with Gasteiger partial charge in [-0.15, -0.1) is 0 Å². The van der Waals surface area contributed by atoms with Crippen molar-refractivity contribution in [3.8, 4) is 5.75 Å². The molecule has 5 N–H and O–H groups in total. The van der Waals surface area contributed by atoms with Gasteiger partial charge in [0.1, 0.15) is 11.3 Å². The number of hydrogen-bond acceptors (Lipinski definition) is 6. The van der Waals surface area contributed by atoms with Crippen molar-refractivity contribution in [2.75, 3.05) is 39.5 Å². The highest BCUT2D eigenvalue weighted by Crippen LogP contribution is 2.30. The summed E-state index contributed by atoms with van der Waals surface area (Å²) in [6.45, 7) is 3.64. The van der Waals surface area contributed by atoms with Crippen molar-refractivity contribution >= 4 is 16.7 Å². The summed E-state index contributed by atoms with van der Waals surface area (Å²) in [5, 5.41) is 42.4. The Bertz CT molecular complexity index is 1310. The molecule has 3 aromatic rings. The minimum atomic E-state index is -1.12. The number of aryl methyl sites for hydroxylation is 1. The van der Waals surface area contributed by atoms with E-state index in [-0.39, 0.29) is 29.9 Å². The molecule has 0 radical (unpaired) electrons. The Balaban J connectivity index is 0.000000299. The van der Waals surface area contributed by atoms with E-state index in [1.807, 2.05) is 30.4 Å². The minimum absolute atomic E-state index is 0.0660. The molecule has 0 saturated carbocycles. The van der Waals surface area contributed by atoms with Crippen LogP contribution in [0, 0.1) is 5.41 Å². The maximum absolute atomic E-state index is 10.7. The van der Waals surface area contributed by atoms with Crippen molar-refractivity contribution in [3.05, 3.63) is 102 Å². The van der Waals surface area contributed by atoms with Gasteiger partial charge in [0.15, 0.2) is 0 Å². The first kappa shape index (κ1) is 34.0. The van der Waals surface area contributed by atoms with Crippen molar-refractivity contribution < 1.29 is 30.0 Å². The van der Waals surface area contributed by atoms with E-state index >= 15 is 0 Å². The van der Waals surface area contributed by atoms with Gasteiger partial charge in [0, 0.05) is 25.2 Å². The van der Waals surface area contributed by atoms with Gasteiger partial charge in [0.2, 0.25) is 0 Å². The van der Waals surface area contributed by atoms with E-state index in [1.54, 1.807) is 6.07 Å². The molecule has 0 heterocycles. The zero-order valence-electron chi connectivity index (χ0n) is 25.1. The normalized spacial score (nSPS) is 16.0. The molecule has 1 aliphatic carbocycles. The Morgan fingerprint density at radius 3 is 2.23 bits per heavy atom. The fraction of sp³-hybridized carbons (Fsp3) is 0.417. The number of fused-ring (bicyclic) bond motifs is 1. The van der Waals surface area contributed by atoms with E-state index < -0.39 is 5.97 Å². The number of ether oxygens (including phenoxy) is 1. The maximum Gasteiger partial charge on any atom is 0.339 e. The third kappa shape index (κ3) is 12.0. The lowest BCUT2D eigenvalue weighted by Crippen LogP contribution is -2.37. The van der Waals surface area contributed by atoms with E-state index in [2.05, 4.69) is 41.7 Å². The van der Waals surface area contributed by atoms with Gasteiger partial charge in [-0.25, -0.2) is 4.79 Å². The molecule has 1 aliphatic rings. The van der Waals surface area contributed by atoms with Crippen LogP contribution in [0.2, 0.25) is 0 Å². The summed E-state index contributed by atoms with van der Waals surface area (Å²) in [4.78, 5) is 10.7. The van der Waals surface area contributed by atoms with Gasteiger partial charge >= 0.3 is 5.97 Å². The van der Waals surface area contributed by atoms with Crippen molar-refractivity contribution in [2.45, 2.75) is 51.4 Å². The minimum Gasteiger partial charge on any atom is -0.507 e. The quantitative estimate of drug-likeness (QED) is 0.118. The molecule has 7 heteroatoms. The monoisotopic (exact) mass is 589 g/mol. The fourth-order valence-electron chi connectivity index (χ4n) is 5.18. The SMILES string of the molecule is O=C(O)c1cc2ccccc2cc1O.OCC1=CC=CC(CO)(CNCCCCCCOCCCCc2ccccc2)C1. The number of allylic oxidation sites excluding steroid dienone is 2. The van der Waals surface area contributed by atoms with E-state index in [0.29, 0.717) is 0 Å². The molecule has 0 saturated heterocycles. The number of benzene rings is 3. The summed E-state index contributed by atoms with van der Waals surface area (Å²) in [5.74, 6) is -1.32. The van der Waals surface area contributed by atoms with E-state index in [4.69, 9.17) is 9.84 Å². The average molecular weight is 590 g/mol. The number of carbonyl (C=O) groups is 1. The highest BCUT2D eigenvalue weighted by atomic mass is 16.5. The number of hydrogen-bond donors (Lipinski definition) is 5. The molecule has 1 unspecified atom stereocenters. The molecular formula is C36H47NO6. The smallest absolute Gasteiger partial charge is 0.339 e. The highest BCUT2D eigenvalue weighted by Gasteiger charge is 2.28. The van der Waals surface area contributed by atoms with Crippen LogP contribution in [0.1, 0.15) is 60.9 Å². The lowest BCUT2D eigenvalue weighted by Gasteiger charge is -2.32. The number of aliphatic hydroxyl groups is 2. The van der Waals surface area contributed by atoms with E-state index in [9.17, 15) is 20.1 Å². The number of phenols is 1. The zero-order valence-corrected chi connectivity index (χ0v) is 25.1. The summed E-state index contributed by atoms with van der Waals surface area (Å²) >= 11 is 0. The molecule has 0 fully saturated rings. The van der Waals surface area contributed by atoms with Gasteiger partial charge in [-0.3, -0.25) is 0 Å². The summed E-state index contributed by atoms with van der Waals surface area (Å²) in [7, 11) is 0. The third-order valence-corrected chi connectivity index (χ3v) is 7.69. The van der Waals surface area contributed by atoms with Crippen LogP contribution in [-0.4, -0.2) is 65.9 Å². The second-order valence-electron chi connectivity index (χ2n) is 11.2. The molecule has 0 aromatic heterocycles. The Hall–Kier alpha value is -3.49. The summed E-state index contributed by atoms with van der Waals surface area (Å²) in [6, 6.07) is 20.9. The van der Waals surface area contributed by atoms with Crippen molar-refractivity contribution in [1.82, 2.24) is 5.32 Å². The van der Waals surface area contributed by atoms with Crippen LogP contribution in [0.5, 0.6) is 5.75 Å². The molecule has 0 spiro atoms. The van der Waals surface area contributed by atoms with Crippen LogP contribution in [0.4, 0.5) is 0 Å². The summed E-state index contributed by atoms with van der Waals surface area (Å²) < 4.78 is 5.75. The van der Waals surface area contributed by atoms with Gasteiger partial charge < -0.3 is 30.5 Å². The molecule has 0 bridgehead atoms. The molecule has 0 amide bonds. The van der Waals surface area contributed by atoms with Crippen LogP contribution < -0.4 is 5.32 Å². The van der Waals surface area contributed by atoms with E-state index in [0.717, 1.165) is 74.8 Å². The zero-order chi connectivity index (χ0) is 30.8. The summed E-state index contributed by atoms with van der Waals surface area (Å²) in [5.41, 5.74) is 2.07. The lowest BCUT2D eigenvalue weighted by atomic mass is 9.79. The third-order valence-electron chi connectivity index (χ3n) is 7.69. The van der Waals surface area contributed by atoms with Gasteiger partial charge in [0.05, 0.1) is 13.2 Å². The Morgan fingerprint density at radius 1 is 0.860 bits per heavy atom. The number of aromatic hydroxyl groups is 1. The average Bonchev–Trinajstić information content (AvgIpc) is 3.03. The largest absolute Gasteiger partial charge is 0.507 e. The predicted octanol–water partition coefficient (Wildman–Crippen LogP) is 6.28. The number of carboxylic acids is 1. The molecule has 43 heavy (non-hydrogen) atoms. The van der Waals surface area contributed by atoms with E-state index in [1.165, 1.54) is 37.0 Å². The Morgan fingerprint density at radius 2 is 1.53 bits per heavy atom. The van der Waals surface area contributed by atoms with Crippen LogP contribution in [0.25, 0.3) is 10.8 Å². The first-order chi connectivity index (χ1) is 21.0. The number of carboxylic acid groups (broad SMARTS) is 1. The molecule has 232 valence electrons. The number of aliphatic hydroxyl groups excluding tert-OH is 2. The number of rotatable bonds is 17. The fourth-order valence-corrected chi connectivity index (χ4v) is 5.18. The number of unbranched alkanes of at least 4 members (excludes halogenated alkanes) is 4. The van der Waals surface area contributed by atoms with Crippen LogP contribution in [-0.2, 0) is 11.2 Å². The second kappa shape index (κ2) is 18.9. The van der Waals surface area contributed by atoms with Crippen molar-refractivity contribution in [1.29, 1.82) is 0 Å².